The molecule has 0 atom stereocenters. The van der Waals surface area contributed by atoms with Gasteiger partial charge in [-0.15, -0.1) is 11.3 Å². The van der Waals surface area contributed by atoms with E-state index in [1.807, 2.05) is 6.92 Å². The number of nitrogen functional groups attached to an aromatic ring is 1. The van der Waals surface area contributed by atoms with Gasteiger partial charge in [0.25, 0.3) is 10.0 Å². The zero-order valence-electron chi connectivity index (χ0n) is 14.5. The summed E-state index contributed by atoms with van der Waals surface area (Å²) < 4.78 is 72.9. The first kappa shape index (κ1) is 22.4. The van der Waals surface area contributed by atoms with E-state index in [1.165, 1.54) is 35.6 Å². The van der Waals surface area contributed by atoms with Crippen LogP contribution in [0.15, 0.2) is 41.3 Å². The van der Waals surface area contributed by atoms with E-state index >= 15 is 0 Å². The first-order valence-corrected chi connectivity index (χ1v) is 9.85. The number of thiazole rings is 1. The molecule has 1 aromatic heterocycles. The molecule has 2 aromatic carbocycles. The molecule has 0 aliphatic heterocycles. The number of anilines is 2. The van der Waals surface area contributed by atoms with Gasteiger partial charge >= 0.3 is 12.1 Å². The average molecular weight is 451 g/mol. The number of aromatic nitrogens is 1. The molecule has 0 aliphatic rings. The van der Waals surface area contributed by atoms with E-state index in [9.17, 15) is 26.0 Å². The van der Waals surface area contributed by atoms with E-state index in [0.717, 1.165) is 21.3 Å². The highest BCUT2D eigenvalue weighted by atomic mass is 32.2. The normalized spacial score (nSPS) is 11.6. The molecule has 0 fully saturated rings. The third-order valence-corrected chi connectivity index (χ3v) is 5.58. The number of nitrogens with one attached hydrogen (secondary N) is 1. The molecule has 0 radical (unpaired) electrons. The third-order valence-electron chi connectivity index (χ3n) is 3.28. The van der Waals surface area contributed by atoms with Crippen LogP contribution in [0.2, 0.25) is 0 Å². The van der Waals surface area contributed by atoms with Gasteiger partial charge < -0.3 is 10.8 Å². The second-order valence-electron chi connectivity index (χ2n) is 5.50. The Hall–Kier alpha value is -2.93. The number of aryl methyl sites for hydroxylation is 1. The first-order chi connectivity index (χ1) is 13.3. The largest absolute Gasteiger partial charge is 0.490 e. The lowest BCUT2D eigenvalue weighted by Crippen LogP contribution is -2.21. The van der Waals surface area contributed by atoms with Crippen LogP contribution in [-0.4, -0.2) is 30.7 Å². The van der Waals surface area contributed by atoms with E-state index < -0.39 is 28.0 Å². The fraction of sp³-hybridized carbons (Fsp3) is 0.125. The molecule has 0 aliphatic carbocycles. The van der Waals surface area contributed by atoms with Crippen molar-refractivity contribution in [3.05, 3.63) is 47.2 Å². The Balaban J connectivity index is 0.000000370. The van der Waals surface area contributed by atoms with Crippen molar-refractivity contribution in [3.63, 3.8) is 0 Å². The Labute approximate surface area is 165 Å². The number of sulfonamides is 1. The number of nitrogens with two attached hydrogens (primary N) is 1. The lowest BCUT2D eigenvalue weighted by molar-refractivity contribution is -0.192. The zero-order chi connectivity index (χ0) is 22.0. The van der Waals surface area contributed by atoms with Crippen molar-refractivity contribution < 1.29 is 35.9 Å². The van der Waals surface area contributed by atoms with Crippen LogP contribution in [0.3, 0.4) is 0 Å². The van der Waals surface area contributed by atoms with Gasteiger partial charge in [-0.3, -0.25) is 4.72 Å². The number of hydrogen-bond acceptors (Lipinski definition) is 6. The third kappa shape index (κ3) is 5.77. The molecule has 7 nitrogen and oxygen atoms in total. The summed E-state index contributed by atoms with van der Waals surface area (Å²) in [5.74, 6) is -3.33. The van der Waals surface area contributed by atoms with Gasteiger partial charge in [0.1, 0.15) is 5.82 Å². The second-order valence-corrected chi connectivity index (χ2v) is 8.42. The molecular weight excluding hydrogens is 438 g/mol. The van der Waals surface area contributed by atoms with Crippen LogP contribution in [-0.2, 0) is 14.8 Å². The number of carboxylic acid groups (broad SMARTS) is 1. The van der Waals surface area contributed by atoms with Crippen LogP contribution in [0.1, 0.15) is 5.01 Å². The van der Waals surface area contributed by atoms with Crippen LogP contribution in [0, 0.1) is 12.7 Å². The highest BCUT2D eigenvalue weighted by molar-refractivity contribution is 7.92. The van der Waals surface area contributed by atoms with Crippen molar-refractivity contribution in [3.8, 4) is 0 Å². The molecule has 4 N–H and O–H groups in total. The SMILES string of the molecule is Cc1nc2ccc(S(=O)(=O)Nc3cc(F)ccc3N)cc2s1.O=C(O)C(F)(F)F. The number of halogens is 4. The van der Waals surface area contributed by atoms with Crippen molar-refractivity contribution in [1.29, 1.82) is 0 Å². The maximum absolute atomic E-state index is 13.2. The Morgan fingerprint density at radius 3 is 2.41 bits per heavy atom. The number of rotatable bonds is 3. The molecule has 3 aromatic rings. The molecule has 156 valence electrons. The number of nitrogens with zero attached hydrogens (tertiary/aromatic N) is 1. The van der Waals surface area contributed by atoms with E-state index in [2.05, 4.69) is 9.71 Å². The minimum absolute atomic E-state index is 0.0144. The maximum Gasteiger partial charge on any atom is 0.490 e. The van der Waals surface area contributed by atoms with Gasteiger partial charge in [-0.05, 0) is 37.3 Å². The number of benzene rings is 2. The standard InChI is InChI=1S/C14H12FN3O2S2.C2HF3O2/c1-8-17-12-5-3-10(7-14(12)21-8)22(19,20)18-13-6-9(15)2-4-11(13)16;3-2(4,5)1(6)7/h2-7,18H,16H2,1H3;(H,6,7). The lowest BCUT2D eigenvalue weighted by Gasteiger charge is -2.10. The predicted octanol–water partition coefficient (Wildman–Crippen LogP) is 3.76. The first-order valence-electron chi connectivity index (χ1n) is 7.55. The Kier molecular flexibility index (Phi) is 6.33. The number of carboxylic acids is 1. The monoisotopic (exact) mass is 451 g/mol. The molecule has 0 unspecified atom stereocenters. The highest BCUT2D eigenvalue weighted by Crippen LogP contribution is 2.27. The number of carbonyl (C=O) groups is 1. The van der Waals surface area contributed by atoms with Crippen LogP contribution >= 0.6 is 11.3 Å². The summed E-state index contributed by atoms with van der Waals surface area (Å²) in [5, 5.41) is 7.98. The topological polar surface area (TPSA) is 122 Å². The van der Waals surface area contributed by atoms with Crippen LogP contribution in [0.4, 0.5) is 28.9 Å². The van der Waals surface area contributed by atoms with Crippen molar-refractivity contribution in [2.45, 2.75) is 18.0 Å². The zero-order valence-corrected chi connectivity index (χ0v) is 16.1. The van der Waals surface area contributed by atoms with Crippen LogP contribution < -0.4 is 10.5 Å². The van der Waals surface area contributed by atoms with Crippen molar-refractivity contribution in [2.75, 3.05) is 10.5 Å². The van der Waals surface area contributed by atoms with E-state index in [0.29, 0.717) is 0 Å². The molecule has 29 heavy (non-hydrogen) atoms. The van der Waals surface area contributed by atoms with Gasteiger partial charge in [-0.2, -0.15) is 13.2 Å². The van der Waals surface area contributed by atoms with Gasteiger partial charge in [0.15, 0.2) is 0 Å². The van der Waals surface area contributed by atoms with Gasteiger partial charge in [-0.25, -0.2) is 22.6 Å². The summed E-state index contributed by atoms with van der Waals surface area (Å²) in [5.41, 5.74) is 6.58. The fourth-order valence-electron chi connectivity index (χ4n) is 2.01. The molecule has 3 rings (SSSR count). The van der Waals surface area contributed by atoms with Crippen molar-refractivity contribution in [2.24, 2.45) is 0 Å². The molecule has 0 spiro atoms. The summed E-state index contributed by atoms with van der Waals surface area (Å²) in [6.07, 6.45) is -5.08. The lowest BCUT2D eigenvalue weighted by atomic mass is 10.3. The molecule has 0 saturated carbocycles. The van der Waals surface area contributed by atoms with E-state index in [4.69, 9.17) is 15.6 Å². The minimum atomic E-state index is -5.08. The average Bonchev–Trinajstić information content (AvgIpc) is 2.96. The maximum atomic E-state index is 13.2. The quantitative estimate of drug-likeness (QED) is 0.412. The van der Waals surface area contributed by atoms with Crippen LogP contribution in [0.25, 0.3) is 10.2 Å². The van der Waals surface area contributed by atoms with Crippen LogP contribution in [0.5, 0.6) is 0 Å². The number of alkyl halides is 3. The summed E-state index contributed by atoms with van der Waals surface area (Å²) in [7, 11) is -3.85. The number of fused-ring (bicyclic) bond motifs is 1. The van der Waals surface area contributed by atoms with Gasteiger partial charge in [-0.1, -0.05) is 0 Å². The van der Waals surface area contributed by atoms with Gasteiger partial charge in [0, 0.05) is 6.07 Å². The second kappa shape index (κ2) is 8.21. The summed E-state index contributed by atoms with van der Waals surface area (Å²) in [6, 6.07) is 8.16. The molecule has 0 amide bonds. The van der Waals surface area contributed by atoms with Crippen molar-refractivity contribution >= 4 is 48.9 Å². The fourth-order valence-corrected chi connectivity index (χ4v) is 4.05. The van der Waals surface area contributed by atoms with Crippen molar-refractivity contribution in [1.82, 2.24) is 4.98 Å². The number of aliphatic carboxylic acids is 1. The number of hydrogen-bond donors (Lipinski definition) is 3. The minimum Gasteiger partial charge on any atom is -0.475 e. The molecule has 0 bridgehead atoms. The molecule has 1 heterocycles. The Morgan fingerprint density at radius 2 is 1.83 bits per heavy atom. The summed E-state index contributed by atoms with van der Waals surface area (Å²) in [6.45, 7) is 1.85. The van der Waals surface area contributed by atoms with E-state index in [-0.39, 0.29) is 16.3 Å². The Morgan fingerprint density at radius 1 is 1.21 bits per heavy atom. The van der Waals surface area contributed by atoms with E-state index in [1.54, 1.807) is 6.07 Å². The molecular formula is C16H13F4N3O4S2. The smallest absolute Gasteiger partial charge is 0.475 e. The Bertz CT molecular complexity index is 1160. The summed E-state index contributed by atoms with van der Waals surface area (Å²) in [4.78, 5) is 13.3. The van der Waals surface area contributed by atoms with Gasteiger partial charge in [0.2, 0.25) is 0 Å². The van der Waals surface area contributed by atoms with Gasteiger partial charge in [0.05, 0.1) is 31.5 Å². The molecule has 13 heteroatoms. The molecule has 0 saturated heterocycles. The highest BCUT2D eigenvalue weighted by Gasteiger charge is 2.38. The summed E-state index contributed by atoms with van der Waals surface area (Å²) >= 11 is 1.41. The predicted molar refractivity (Wildman–Crippen MR) is 99.7 cm³/mol.